The first-order valence-electron chi connectivity index (χ1n) is 12.1. The van der Waals surface area contributed by atoms with E-state index in [9.17, 15) is 0 Å². The predicted octanol–water partition coefficient (Wildman–Crippen LogP) is 8.25. The van der Waals surface area contributed by atoms with Crippen LogP contribution in [0, 0.1) is 41.4 Å². The average Bonchev–Trinajstić information content (AvgIpc) is 2.64. The molecule has 0 unspecified atom stereocenters. The Morgan fingerprint density at radius 3 is 1.16 bits per heavy atom. The van der Waals surface area contributed by atoms with Gasteiger partial charge in [-0.2, -0.15) is 0 Å². The van der Waals surface area contributed by atoms with Crippen molar-refractivity contribution >= 4 is 0 Å². The van der Waals surface area contributed by atoms with Crippen LogP contribution in [0.2, 0.25) is 0 Å². The maximum atomic E-state index is 2.43. The molecule has 3 aliphatic carbocycles. The summed E-state index contributed by atoms with van der Waals surface area (Å²) in [6.07, 6.45) is 23.2. The molecule has 3 fully saturated rings. The zero-order chi connectivity index (χ0) is 17.6. The van der Waals surface area contributed by atoms with E-state index >= 15 is 0 Å². The Hall–Kier alpha value is 0. The molecule has 0 spiro atoms. The van der Waals surface area contributed by atoms with Crippen molar-refractivity contribution in [1.82, 2.24) is 0 Å². The van der Waals surface area contributed by atoms with Crippen LogP contribution in [-0.2, 0) is 0 Å². The Labute approximate surface area is 158 Å². The van der Waals surface area contributed by atoms with Gasteiger partial charge in [0.05, 0.1) is 0 Å². The SMILES string of the molecule is CCC1CCC(CC2CCC(CC3CCC(C(C)C)CC3)CC2)CC1. The molecule has 0 nitrogen and oxygen atoms in total. The average molecular weight is 347 g/mol. The summed E-state index contributed by atoms with van der Waals surface area (Å²) in [4.78, 5) is 0. The molecule has 146 valence electrons. The van der Waals surface area contributed by atoms with E-state index in [0.717, 1.165) is 41.4 Å². The molecule has 25 heavy (non-hydrogen) atoms. The molecule has 0 saturated heterocycles. The van der Waals surface area contributed by atoms with E-state index in [1.165, 1.54) is 32.1 Å². The van der Waals surface area contributed by atoms with Gasteiger partial charge < -0.3 is 0 Å². The van der Waals surface area contributed by atoms with Crippen molar-refractivity contribution in [1.29, 1.82) is 0 Å². The van der Waals surface area contributed by atoms with E-state index in [4.69, 9.17) is 0 Å². The summed E-state index contributed by atoms with van der Waals surface area (Å²) in [5.74, 6) is 7.39. The Balaban J connectivity index is 1.30. The van der Waals surface area contributed by atoms with Gasteiger partial charge in [-0.05, 0) is 67.1 Å². The largest absolute Gasteiger partial charge is 0.0651 e. The highest BCUT2D eigenvalue weighted by Gasteiger charge is 2.29. The van der Waals surface area contributed by atoms with Crippen LogP contribution in [0.4, 0.5) is 0 Å². The van der Waals surface area contributed by atoms with Gasteiger partial charge in [-0.15, -0.1) is 0 Å². The third kappa shape index (κ3) is 6.00. The Morgan fingerprint density at radius 1 is 0.520 bits per heavy atom. The van der Waals surface area contributed by atoms with Crippen LogP contribution in [0.3, 0.4) is 0 Å². The van der Waals surface area contributed by atoms with Gasteiger partial charge in [-0.1, -0.05) is 91.4 Å². The van der Waals surface area contributed by atoms with Gasteiger partial charge in [0.25, 0.3) is 0 Å². The van der Waals surface area contributed by atoms with Crippen LogP contribution in [0.25, 0.3) is 0 Å². The molecule has 0 aromatic carbocycles. The van der Waals surface area contributed by atoms with Crippen molar-refractivity contribution in [3.63, 3.8) is 0 Å². The minimum absolute atomic E-state index is 0.920. The lowest BCUT2D eigenvalue weighted by Gasteiger charge is -2.36. The molecule has 0 radical (unpaired) electrons. The van der Waals surface area contributed by atoms with E-state index in [0.29, 0.717) is 0 Å². The predicted molar refractivity (Wildman–Crippen MR) is 111 cm³/mol. The first-order valence-corrected chi connectivity index (χ1v) is 12.1. The minimum Gasteiger partial charge on any atom is -0.0651 e. The summed E-state index contributed by atoms with van der Waals surface area (Å²) in [6.45, 7) is 7.25. The molecule has 0 amide bonds. The Bertz CT molecular complexity index is 346. The molecule has 0 heterocycles. The van der Waals surface area contributed by atoms with Crippen molar-refractivity contribution in [3.8, 4) is 0 Å². The maximum absolute atomic E-state index is 2.43. The lowest BCUT2D eigenvalue weighted by Crippen LogP contribution is -2.24. The summed E-state index contributed by atoms with van der Waals surface area (Å²) in [7, 11) is 0. The third-order valence-corrected chi connectivity index (χ3v) is 8.68. The highest BCUT2D eigenvalue weighted by molar-refractivity contribution is 4.81. The van der Waals surface area contributed by atoms with Gasteiger partial charge >= 0.3 is 0 Å². The lowest BCUT2D eigenvalue weighted by atomic mass is 9.69. The highest BCUT2D eigenvalue weighted by Crippen LogP contribution is 2.42. The van der Waals surface area contributed by atoms with Crippen LogP contribution >= 0.6 is 0 Å². The van der Waals surface area contributed by atoms with Crippen LogP contribution in [-0.4, -0.2) is 0 Å². The quantitative estimate of drug-likeness (QED) is 0.454. The minimum atomic E-state index is 0.920. The molecule has 0 aliphatic heterocycles. The van der Waals surface area contributed by atoms with Crippen LogP contribution in [0.15, 0.2) is 0 Å². The number of hydrogen-bond donors (Lipinski definition) is 0. The van der Waals surface area contributed by atoms with E-state index in [2.05, 4.69) is 20.8 Å². The first kappa shape index (κ1) is 19.8. The van der Waals surface area contributed by atoms with E-state index in [1.54, 1.807) is 64.2 Å². The van der Waals surface area contributed by atoms with E-state index < -0.39 is 0 Å². The second-order valence-corrected chi connectivity index (χ2v) is 10.7. The first-order chi connectivity index (χ1) is 12.1. The van der Waals surface area contributed by atoms with Crippen LogP contribution in [0.1, 0.15) is 117 Å². The van der Waals surface area contributed by atoms with Crippen molar-refractivity contribution in [3.05, 3.63) is 0 Å². The summed E-state index contributed by atoms with van der Waals surface area (Å²) in [5, 5.41) is 0. The topological polar surface area (TPSA) is 0 Å². The molecule has 0 N–H and O–H groups in total. The van der Waals surface area contributed by atoms with Gasteiger partial charge in [0.15, 0.2) is 0 Å². The second-order valence-electron chi connectivity index (χ2n) is 10.7. The Morgan fingerprint density at radius 2 is 0.840 bits per heavy atom. The second kappa shape index (κ2) is 9.80. The van der Waals surface area contributed by atoms with Crippen molar-refractivity contribution < 1.29 is 0 Å². The zero-order valence-electron chi connectivity index (χ0n) is 17.6. The van der Waals surface area contributed by atoms with Crippen LogP contribution in [0.5, 0.6) is 0 Å². The summed E-state index contributed by atoms with van der Waals surface area (Å²) in [5.41, 5.74) is 0. The molecular weight excluding hydrogens is 300 g/mol. The van der Waals surface area contributed by atoms with E-state index in [-0.39, 0.29) is 0 Å². The fourth-order valence-corrected chi connectivity index (χ4v) is 6.61. The fraction of sp³-hybridized carbons (Fsp3) is 1.00. The molecule has 3 rings (SSSR count). The number of rotatable bonds is 6. The normalized spacial score (nSPS) is 40.3. The molecule has 0 heteroatoms. The van der Waals surface area contributed by atoms with Gasteiger partial charge in [0, 0.05) is 0 Å². The number of hydrogen-bond acceptors (Lipinski definition) is 0. The molecule has 0 aromatic rings. The van der Waals surface area contributed by atoms with E-state index in [1.807, 2.05) is 0 Å². The smallest absolute Gasteiger partial charge is 0.0391 e. The van der Waals surface area contributed by atoms with Crippen molar-refractivity contribution in [2.24, 2.45) is 41.4 Å². The molecule has 0 aromatic heterocycles. The monoisotopic (exact) mass is 346 g/mol. The van der Waals surface area contributed by atoms with Crippen LogP contribution < -0.4 is 0 Å². The lowest BCUT2D eigenvalue weighted by molar-refractivity contribution is 0.155. The molecule has 0 atom stereocenters. The molecule has 0 bridgehead atoms. The third-order valence-electron chi connectivity index (χ3n) is 8.68. The highest BCUT2D eigenvalue weighted by atomic mass is 14.3. The van der Waals surface area contributed by atoms with Gasteiger partial charge in [0.2, 0.25) is 0 Å². The zero-order valence-corrected chi connectivity index (χ0v) is 17.6. The molecule has 3 saturated carbocycles. The van der Waals surface area contributed by atoms with Gasteiger partial charge in [-0.3, -0.25) is 0 Å². The van der Waals surface area contributed by atoms with Gasteiger partial charge in [0.1, 0.15) is 0 Å². The maximum Gasteiger partial charge on any atom is -0.0391 e. The summed E-state index contributed by atoms with van der Waals surface area (Å²) in [6, 6.07) is 0. The molecular formula is C25H46. The van der Waals surface area contributed by atoms with Gasteiger partial charge in [-0.25, -0.2) is 0 Å². The Kier molecular flexibility index (Phi) is 7.74. The van der Waals surface area contributed by atoms with Crippen molar-refractivity contribution in [2.45, 2.75) is 117 Å². The fourth-order valence-electron chi connectivity index (χ4n) is 6.61. The standard InChI is InChI=1S/C25H46/c1-4-20-5-7-21(8-6-20)17-22-9-11-23(12-10-22)18-24-13-15-25(16-14-24)19(2)3/h19-25H,4-18H2,1-3H3. The molecule has 3 aliphatic rings. The summed E-state index contributed by atoms with van der Waals surface area (Å²) >= 11 is 0. The van der Waals surface area contributed by atoms with Crippen molar-refractivity contribution in [2.75, 3.05) is 0 Å². The summed E-state index contributed by atoms with van der Waals surface area (Å²) < 4.78 is 0.